The molecule has 0 spiro atoms. The Kier molecular flexibility index (Phi) is 9.06. The van der Waals surface area contributed by atoms with Crippen molar-refractivity contribution in [1.82, 2.24) is 15.5 Å². The molecule has 4 atom stereocenters. The highest BCUT2D eigenvalue weighted by Crippen LogP contribution is 2.34. The van der Waals surface area contributed by atoms with Crippen LogP contribution in [0.15, 0.2) is 18.2 Å². The van der Waals surface area contributed by atoms with Crippen LogP contribution >= 0.6 is 11.6 Å². The maximum absolute atomic E-state index is 13.8. The Morgan fingerprint density at radius 1 is 1.21 bits per heavy atom. The minimum absolute atomic E-state index is 0.00192. The molecule has 3 amide bonds. The van der Waals surface area contributed by atoms with Gasteiger partial charge in [-0.2, -0.15) is 0 Å². The summed E-state index contributed by atoms with van der Waals surface area (Å²) in [4.78, 5) is 53.7. The van der Waals surface area contributed by atoms with E-state index in [9.17, 15) is 19.2 Å². The fraction of sp³-hybridized carbons (Fsp3) is 0.643. The van der Waals surface area contributed by atoms with Crippen molar-refractivity contribution in [2.75, 3.05) is 19.8 Å². The first-order valence-electron chi connectivity index (χ1n) is 13.6. The Hall–Kier alpha value is -2.85. The van der Waals surface area contributed by atoms with Crippen molar-refractivity contribution in [1.29, 1.82) is 0 Å². The maximum Gasteiger partial charge on any atom is 0.310 e. The van der Waals surface area contributed by atoms with Gasteiger partial charge >= 0.3 is 5.97 Å². The number of esters is 1. The number of nitrogens with one attached hydrogen (secondary N) is 2. The van der Waals surface area contributed by atoms with Crippen molar-refractivity contribution in [2.24, 2.45) is 11.3 Å². The number of carbonyl (C=O) groups is 4. The normalized spacial score (nSPS) is 23.8. The van der Waals surface area contributed by atoms with E-state index >= 15 is 0 Å². The minimum atomic E-state index is -0.918. The van der Waals surface area contributed by atoms with E-state index in [-0.39, 0.29) is 28.8 Å². The van der Waals surface area contributed by atoms with Crippen LogP contribution in [-0.4, -0.2) is 72.8 Å². The molecule has 1 saturated carbocycles. The van der Waals surface area contributed by atoms with Crippen molar-refractivity contribution in [2.45, 2.75) is 84.2 Å². The van der Waals surface area contributed by atoms with Crippen LogP contribution in [-0.2, 0) is 23.9 Å². The number of halogens is 1. The zero-order chi connectivity index (χ0) is 28.3. The van der Waals surface area contributed by atoms with Gasteiger partial charge in [0.05, 0.1) is 23.6 Å². The smallest absolute Gasteiger partial charge is 0.310 e. The number of benzene rings is 1. The average molecular weight is 564 g/mol. The Morgan fingerprint density at radius 3 is 2.62 bits per heavy atom. The lowest BCUT2D eigenvalue weighted by molar-refractivity contribution is -0.164. The monoisotopic (exact) mass is 563 g/mol. The highest BCUT2D eigenvalue weighted by atomic mass is 35.5. The van der Waals surface area contributed by atoms with Crippen LogP contribution in [0.5, 0.6) is 5.75 Å². The zero-order valence-electron chi connectivity index (χ0n) is 23.0. The molecule has 39 heavy (non-hydrogen) atoms. The fourth-order valence-electron chi connectivity index (χ4n) is 4.86. The number of cyclic esters (lactones) is 1. The molecule has 3 aliphatic rings. The van der Waals surface area contributed by atoms with Crippen LogP contribution in [0.4, 0.5) is 0 Å². The van der Waals surface area contributed by atoms with Crippen molar-refractivity contribution in [3.63, 3.8) is 0 Å². The van der Waals surface area contributed by atoms with Crippen LogP contribution in [0, 0.1) is 11.3 Å². The number of nitrogens with zero attached hydrogens (tertiary/aromatic N) is 1. The third-order valence-electron chi connectivity index (χ3n) is 7.23. The van der Waals surface area contributed by atoms with Gasteiger partial charge in [-0.1, -0.05) is 38.4 Å². The first-order chi connectivity index (χ1) is 18.5. The maximum atomic E-state index is 13.8. The van der Waals surface area contributed by atoms with Crippen LogP contribution < -0.4 is 15.4 Å². The molecule has 0 unspecified atom stereocenters. The molecule has 3 fully saturated rings. The average Bonchev–Trinajstić information content (AvgIpc) is 3.45. The predicted molar refractivity (Wildman–Crippen MR) is 143 cm³/mol. The second-order valence-electron chi connectivity index (χ2n) is 11.5. The summed E-state index contributed by atoms with van der Waals surface area (Å²) in [5.74, 6) is -0.715. The molecule has 0 bridgehead atoms. The molecule has 11 heteroatoms. The van der Waals surface area contributed by atoms with Gasteiger partial charge in [-0.25, -0.2) is 0 Å². The van der Waals surface area contributed by atoms with E-state index in [1.807, 2.05) is 20.8 Å². The van der Waals surface area contributed by atoms with Gasteiger partial charge < -0.3 is 29.7 Å². The number of hydrogen-bond acceptors (Lipinski definition) is 7. The molecular formula is C28H38ClN3O7. The quantitative estimate of drug-likeness (QED) is 0.419. The van der Waals surface area contributed by atoms with Gasteiger partial charge in [0.2, 0.25) is 18.1 Å². The number of hydrogen-bond donors (Lipinski definition) is 2. The van der Waals surface area contributed by atoms with Crippen LogP contribution in [0.25, 0.3) is 0 Å². The van der Waals surface area contributed by atoms with Crippen LogP contribution in [0.2, 0.25) is 5.02 Å². The van der Waals surface area contributed by atoms with Gasteiger partial charge in [-0.05, 0) is 56.1 Å². The number of amides is 3. The van der Waals surface area contributed by atoms with E-state index in [1.54, 1.807) is 25.1 Å². The Labute approximate surface area is 234 Å². The first kappa shape index (κ1) is 29.1. The number of likely N-dealkylation sites (tertiary alicyclic amines) is 1. The number of carbonyl (C=O) groups excluding carboxylic acids is 4. The van der Waals surface area contributed by atoms with Crippen molar-refractivity contribution < 1.29 is 33.4 Å². The lowest BCUT2D eigenvalue weighted by atomic mass is 9.85. The molecule has 4 rings (SSSR count). The summed E-state index contributed by atoms with van der Waals surface area (Å²) in [5, 5.41) is 5.90. The van der Waals surface area contributed by atoms with E-state index in [4.69, 9.17) is 25.8 Å². The number of ether oxygens (including phenoxy) is 3. The second-order valence-corrected chi connectivity index (χ2v) is 11.8. The Bertz CT molecular complexity index is 1100. The van der Waals surface area contributed by atoms with E-state index in [2.05, 4.69) is 10.6 Å². The third kappa shape index (κ3) is 7.03. The molecule has 10 nitrogen and oxygen atoms in total. The summed E-state index contributed by atoms with van der Waals surface area (Å²) < 4.78 is 16.4. The lowest BCUT2D eigenvalue weighted by Crippen LogP contribution is -2.58. The standard InChI is InChI=1S/C28H38ClN3O7/c1-5-37-27-18(14-21(33)39-27)30-25(35)19-9-7-13-32(19)26(36)23(28(2,3)4)31-24(34)17-8-6-10-20(22(17)29)38-15-16-11-12-16/h6,8,10,16,18-19,23,27H,5,7,9,11-15H2,1-4H3,(H,30,35)(H,31,34)/t18-,19-,23+,27+/m0/s1. The summed E-state index contributed by atoms with van der Waals surface area (Å²) in [6.07, 6.45) is 2.50. The van der Waals surface area contributed by atoms with Crippen LogP contribution in [0.3, 0.4) is 0 Å². The van der Waals surface area contributed by atoms with Gasteiger partial charge in [-0.15, -0.1) is 0 Å². The van der Waals surface area contributed by atoms with Gasteiger partial charge in [-0.3, -0.25) is 19.2 Å². The van der Waals surface area contributed by atoms with Gasteiger partial charge in [0.15, 0.2) is 0 Å². The molecule has 1 aliphatic carbocycles. The van der Waals surface area contributed by atoms with E-state index < -0.39 is 41.7 Å². The van der Waals surface area contributed by atoms with E-state index in [0.717, 1.165) is 12.8 Å². The Morgan fingerprint density at radius 2 is 1.95 bits per heavy atom. The number of rotatable bonds is 10. The summed E-state index contributed by atoms with van der Waals surface area (Å²) in [6, 6.07) is 2.73. The van der Waals surface area contributed by atoms with Crippen molar-refractivity contribution in [3.8, 4) is 5.75 Å². The minimum Gasteiger partial charge on any atom is -0.492 e. The molecule has 2 heterocycles. The highest BCUT2D eigenvalue weighted by molar-refractivity contribution is 6.35. The Balaban J connectivity index is 1.46. The second kappa shape index (κ2) is 12.1. The zero-order valence-corrected chi connectivity index (χ0v) is 23.7. The topological polar surface area (TPSA) is 123 Å². The summed E-state index contributed by atoms with van der Waals surface area (Å²) >= 11 is 6.52. The lowest BCUT2D eigenvalue weighted by Gasteiger charge is -2.35. The van der Waals surface area contributed by atoms with Crippen molar-refractivity contribution >= 4 is 35.3 Å². The molecule has 1 aromatic rings. The van der Waals surface area contributed by atoms with Gasteiger partial charge in [0.1, 0.15) is 23.9 Å². The predicted octanol–water partition coefficient (Wildman–Crippen LogP) is 3.06. The van der Waals surface area contributed by atoms with Crippen molar-refractivity contribution in [3.05, 3.63) is 28.8 Å². The molecule has 2 saturated heterocycles. The molecule has 214 valence electrons. The third-order valence-corrected chi connectivity index (χ3v) is 7.62. The molecular weight excluding hydrogens is 526 g/mol. The molecule has 0 radical (unpaired) electrons. The summed E-state index contributed by atoms with van der Waals surface area (Å²) in [5.41, 5.74) is -0.440. The van der Waals surface area contributed by atoms with E-state index in [0.29, 0.717) is 44.3 Å². The first-order valence-corrected chi connectivity index (χ1v) is 14.0. The highest BCUT2D eigenvalue weighted by Gasteiger charge is 2.44. The molecule has 2 N–H and O–H groups in total. The summed E-state index contributed by atoms with van der Waals surface area (Å²) in [6.45, 7) is 8.58. The molecule has 0 aromatic heterocycles. The molecule has 1 aromatic carbocycles. The fourth-order valence-corrected chi connectivity index (χ4v) is 5.13. The van der Waals surface area contributed by atoms with Gasteiger partial charge in [0, 0.05) is 13.2 Å². The molecule has 2 aliphatic heterocycles. The SMILES string of the molecule is CCO[C@@H]1OC(=O)C[C@@H]1NC(=O)[C@@H]1CCCN1C(=O)[C@@H](NC(=O)c1cccc(OCC2CC2)c1Cl)C(C)(C)C. The van der Waals surface area contributed by atoms with Gasteiger partial charge in [0.25, 0.3) is 5.91 Å². The van der Waals surface area contributed by atoms with E-state index in [1.165, 1.54) is 4.90 Å². The van der Waals surface area contributed by atoms with Crippen LogP contribution in [0.1, 0.15) is 70.2 Å². The summed E-state index contributed by atoms with van der Waals surface area (Å²) in [7, 11) is 0. The largest absolute Gasteiger partial charge is 0.492 e.